The van der Waals surface area contributed by atoms with Crippen molar-refractivity contribution in [3.8, 4) is 17.2 Å². The minimum atomic E-state index is -0.397. The summed E-state index contributed by atoms with van der Waals surface area (Å²) in [6, 6.07) is 9.75. The van der Waals surface area contributed by atoms with E-state index in [-0.39, 0.29) is 22.8 Å². The molecule has 0 saturated heterocycles. The summed E-state index contributed by atoms with van der Waals surface area (Å²) in [6.07, 6.45) is 7.27. The molecule has 0 bridgehead atoms. The Balaban J connectivity index is 2.02. The van der Waals surface area contributed by atoms with Gasteiger partial charge in [-0.2, -0.15) is 0 Å². The first-order chi connectivity index (χ1) is 13.7. The van der Waals surface area contributed by atoms with E-state index in [9.17, 15) is 15.0 Å². The SMILES string of the molecule is CCCCCCCCOc1ccc(C(=O)c2cc(O)cc(C(C)(C)C)c2O)cc1. The predicted octanol–water partition coefficient (Wildman–Crippen LogP) is 6.37. The second kappa shape index (κ2) is 10.3. The molecule has 0 unspecified atom stereocenters. The van der Waals surface area contributed by atoms with E-state index in [1.165, 1.54) is 44.2 Å². The molecular weight excluding hydrogens is 364 g/mol. The van der Waals surface area contributed by atoms with Gasteiger partial charge in [-0.15, -0.1) is 0 Å². The Hall–Kier alpha value is -2.49. The van der Waals surface area contributed by atoms with E-state index in [1.807, 2.05) is 20.8 Å². The smallest absolute Gasteiger partial charge is 0.196 e. The van der Waals surface area contributed by atoms with Crippen molar-refractivity contribution in [1.29, 1.82) is 0 Å². The Morgan fingerprint density at radius 1 is 0.931 bits per heavy atom. The number of phenols is 2. The van der Waals surface area contributed by atoms with Gasteiger partial charge in [0.25, 0.3) is 0 Å². The lowest BCUT2D eigenvalue weighted by Crippen LogP contribution is -2.13. The monoisotopic (exact) mass is 398 g/mol. The largest absolute Gasteiger partial charge is 0.508 e. The van der Waals surface area contributed by atoms with Gasteiger partial charge in [0.1, 0.15) is 17.2 Å². The average molecular weight is 399 g/mol. The average Bonchev–Trinajstić information content (AvgIpc) is 2.68. The Labute approximate surface area is 174 Å². The van der Waals surface area contributed by atoms with Crippen molar-refractivity contribution in [3.05, 3.63) is 53.1 Å². The summed E-state index contributed by atoms with van der Waals surface area (Å²) in [5.74, 6) is 0.288. The van der Waals surface area contributed by atoms with Gasteiger partial charge in [-0.05, 0) is 48.2 Å². The molecule has 0 fully saturated rings. The summed E-state index contributed by atoms with van der Waals surface area (Å²) < 4.78 is 5.76. The Morgan fingerprint density at radius 3 is 2.17 bits per heavy atom. The molecular formula is C25H34O4. The van der Waals surface area contributed by atoms with Gasteiger partial charge in [-0.3, -0.25) is 4.79 Å². The summed E-state index contributed by atoms with van der Waals surface area (Å²) >= 11 is 0. The number of ether oxygens (including phenoxy) is 1. The van der Waals surface area contributed by atoms with E-state index in [1.54, 1.807) is 24.3 Å². The maximum Gasteiger partial charge on any atom is 0.196 e. The van der Waals surface area contributed by atoms with Crippen LogP contribution in [0.2, 0.25) is 0 Å². The number of hydrogen-bond donors (Lipinski definition) is 2. The van der Waals surface area contributed by atoms with Crippen molar-refractivity contribution >= 4 is 5.78 Å². The normalized spacial score (nSPS) is 11.4. The summed E-state index contributed by atoms with van der Waals surface area (Å²) in [6.45, 7) is 8.65. The van der Waals surface area contributed by atoms with E-state index < -0.39 is 5.41 Å². The molecule has 0 saturated carbocycles. The highest BCUT2D eigenvalue weighted by molar-refractivity contribution is 6.11. The number of benzene rings is 2. The molecule has 4 heteroatoms. The molecule has 2 N–H and O–H groups in total. The highest BCUT2D eigenvalue weighted by atomic mass is 16.5. The zero-order valence-electron chi connectivity index (χ0n) is 18.1. The molecule has 29 heavy (non-hydrogen) atoms. The number of unbranched alkanes of at least 4 members (excludes halogenated alkanes) is 5. The van der Waals surface area contributed by atoms with Crippen LogP contribution in [0.15, 0.2) is 36.4 Å². The highest BCUT2D eigenvalue weighted by Gasteiger charge is 2.24. The Morgan fingerprint density at radius 2 is 1.55 bits per heavy atom. The number of ketones is 1. The summed E-state index contributed by atoms with van der Waals surface area (Å²) in [4.78, 5) is 12.9. The highest BCUT2D eigenvalue weighted by Crippen LogP contribution is 2.37. The summed E-state index contributed by atoms with van der Waals surface area (Å²) in [5.41, 5.74) is 0.694. The second-order valence-corrected chi connectivity index (χ2v) is 8.61. The van der Waals surface area contributed by atoms with Crippen molar-refractivity contribution in [2.45, 2.75) is 71.6 Å². The van der Waals surface area contributed by atoms with Gasteiger partial charge in [0, 0.05) is 11.1 Å². The lowest BCUT2D eigenvalue weighted by atomic mass is 9.84. The maximum absolute atomic E-state index is 12.9. The van der Waals surface area contributed by atoms with Gasteiger partial charge in [-0.25, -0.2) is 0 Å². The molecule has 0 aliphatic rings. The second-order valence-electron chi connectivity index (χ2n) is 8.61. The third-order valence-corrected chi connectivity index (χ3v) is 5.03. The molecule has 4 nitrogen and oxygen atoms in total. The Bertz CT molecular complexity index is 801. The van der Waals surface area contributed by atoms with Gasteiger partial charge in [0.15, 0.2) is 5.78 Å². The van der Waals surface area contributed by atoms with Crippen LogP contribution in [0, 0.1) is 0 Å². The van der Waals surface area contributed by atoms with Crippen LogP contribution < -0.4 is 4.74 Å². The fourth-order valence-electron chi connectivity index (χ4n) is 3.29. The van der Waals surface area contributed by atoms with Crippen molar-refractivity contribution in [2.75, 3.05) is 6.61 Å². The van der Waals surface area contributed by atoms with Crippen molar-refractivity contribution in [1.82, 2.24) is 0 Å². The van der Waals surface area contributed by atoms with E-state index in [0.29, 0.717) is 17.7 Å². The molecule has 0 amide bonds. The van der Waals surface area contributed by atoms with Crippen LogP contribution >= 0.6 is 0 Å². The molecule has 2 aromatic carbocycles. The zero-order valence-corrected chi connectivity index (χ0v) is 18.1. The lowest BCUT2D eigenvalue weighted by Gasteiger charge is -2.22. The number of hydrogen-bond acceptors (Lipinski definition) is 4. The quantitative estimate of drug-likeness (QED) is 0.277. The molecule has 0 aliphatic carbocycles. The van der Waals surface area contributed by atoms with Crippen molar-refractivity contribution in [3.63, 3.8) is 0 Å². The fourth-order valence-corrected chi connectivity index (χ4v) is 3.29. The third-order valence-electron chi connectivity index (χ3n) is 5.03. The predicted molar refractivity (Wildman–Crippen MR) is 117 cm³/mol. The molecule has 0 aromatic heterocycles. The fraction of sp³-hybridized carbons (Fsp3) is 0.480. The molecule has 0 heterocycles. The van der Waals surface area contributed by atoms with Gasteiger partial charge in [0.05, 0.1) is 12.2 Å². The van der Waals surface area contributed by atoms with E-state index in [0.717, 1.165) is 12.2 Å². The van der Waals surface area contributed by atoms with Crippen molar-refractivity contribution in [2.24, 2.45) is 0 Å². The number of rotatable bonds is 10. The van der Waals surface area contributed by atoms with E-state index in [2.05, 4.69) is 6.92 Å². The van der Waals surface area contributed by atoms with Gasteiger partial charge in [-0.1, -0.05) is 59.8 Å². The molecule has 0 aliphatic heterocycles. The van der Waals surface area contributed by atoms with E-state index in [4.69, 9.17) is 4.74 Å². The molecule has 0 radical (unpaired) electrons. The first-order valence-corrected chi connectivity index (χ1v) is 10.6. The van der Waals surface area contributed by atoms with Crippen LogP contribution in [-0.2, 0) is 5.41 Å². The number of aromatic hydroxyl groups is 2. The van der Waals surface area contributed by atoms with Crippen LogP contribution in [0.5, 0.6) is 17.2 Å². The molecule has 158 valence electrons. The summed E-state index contributed by atoms with van der Waals surface area (Å²) in [7, 11) is 0. The minimum absolute atomic E-state index is 0.0324. The van der Waals surface area contributed by atoms with Gasteiger partial charge < -0.3 is 14.9 Å². The minimum Gasteiger partial charge on any atom is -0.508 e. The number of phenolic OH excluding ortho intramolecular Hbond substituents is 2. The van der Waals surface area contributed by atoms with Crippen LogP contribution in [0.1, 0.15) is 87.7 Å². The van der Waals surface area contributed by atoms with Crippen LogP contribution in [0.25, 0.3) is 0 Å². The lowest BCUT2D eigenvalue weighted by molar-refractivity contribution is 0.103. The Kier molecular flexibility index (Phi) is 8.12. The van der Waals surface area contributed by atoms with E-state index >= 15 is 0 Å². The number of carbonyl (C=O) groups excluding carboxylic acids is 1. The zero-order chi connectivity index (χ0) is 21.4. The van der Waals surface area contributed by atoms with Crippen molar-refractivity contribution < 1.29 is 19.7 Å². The van der Waals surface area contributed by atoms with Gasteiger partial charge in [0.2, 0.25) is 0 Å². The standard InChI is InChI=1S/C25H34O4/c1-5-6-7-8-9-10-15-29-20-13-11-18(12-14-20)23(27)21-16-19(26)17-22(24(21)28)25(2,3)4/h11-14,16-17,26,28H,5-10,15H2,1-4H3. The molecule has 2 aromatic rings. The van der Waals surface area contributed by atoms with Crippen LogP contribution in [-0.4, -0.2) is 22.6 Å². The first-order valence-electron chi connectivity index (χ1n) is 10.6. The molecule has 0 spiro atoms. The maximum atomic E-state index is 12.9. The first kappa shape index (κ1) is 22.8. The topological polar surface area (TPSA) is 66.8 Å². The van der Waals surface area contributed by atoms with Crippen LogP contribution in [0.3, 0.4) is 0 Å². The number of carbonyl (C=O) groups is 1. The molecule has 0 atom stereocenters. The van der Waals surface area contributed by atoms with Gasteiger partial charge >= 0.3 is 0 Å². The molecule has 2 rings (SSSR count). The van der Waals surface area contributed by atoms with Crippen LogP contribution in [0.4, 0.5) is 0 Å². The summed E-state index contributed by atoms with van der Waals surface area (Å²) in [5, 5.41) is 20.6. The third kappa shape index (κ3) is 6.52.